The van der Waals surface area contributed by atoms with E-state index in [1.54, 1.807) is 0 Å². The molecule has 4 heteroatoms. The summed E-state index contributed by atoms with van der Waals surface area (Å²) in [4.78, 5) is 20.2. The summed E-state index contributed by atoms with van der Waals surface area (Å²) < 4.78 is 4.59. The zero-order valence-corrected chi connectivity index (χ0v) is 4.96. The average Bonchev–Trinajstić information content (AvgIpc) is 2.34. The molecule has 0 atom stereocenters. The molecular formula is C6H5O4+. The van der Waals surface area contributed by atoms with Gasteiger partial charge in [0.15, 0.2) is 12.0 Å². The van der Waals surface area contributed by atoms with Crippen molar-refractivity contribution < 1.29 is 19.1 Å². The molecular weight excluding hydrogens is 136 g/mol. The van der Waals surface area contributed by atoms with Gasteiger partial charge in [0.1, 0.15) is 0 Å². The van der Waals surface area contributed by atoms with Crippen LogP contribution in [0.3, 0.4) is 0 Å². The molecule has 0 bridgehead atoms. The smallest absolute Gasteiger partial charge is 0.559 e. The van der Waals surface area contributed by atoms with Gasteiger partial charge in [-0.2, -0.15) is 0 Å². The number of furan rings is 1. The first kappa shape index (κ1) is 6.54. The maximum Gasteiger partial charge on any atom is 0.584 e. The molecule has 0 amide bonds. The minimum atomic E-state index is -0.923. The number of aldehydes is 1. The van der Waals surface area contributed by atoms with E-state index in [-0.39, 0.29) is 11.5 Å². The van der Waals surface area contributed by atoms with Crippen LogP contribution in [-0.4, -0.2) is 17.4 Å². The Bertz CT molecular complexity index is 260. The standard InChI is InChI=1S/C6H4O4/c7-3-4-1-2-5(10-4)6(8)9/h1-3H,(H,8,9)/p+1. The molecule has 2 N–H and O–H groups in total. The molecule has 0 aliphatic rings. The maximum absolute atomic E-state index is 10.2. The molecule has 0 aliphatic heterocycles. The molecule has 10 heavy (non-hydrogen) atoms. The third-order valence-electron chi connectivity index (χ3n) is 0.967. The van der Waals surface area contributed by atoms with E-state index in [0.29, 0.717) is 6.29 Å². The second-order valence-corrected chi connectivity index (χ2v) is 1.65. The highest BCUT2D eigenvalue weighted by atomic mass is 16.4. The first-order valence-electron chi connectivity index (χ1n) is 2.55. The largest absolute Gasteiger partial charge is 0.584 e. The zero-order valence-electron chi connectivity index (χ0n) is 4.96. The molecule has 0 unspecified atom stereocenters. The van der Waals surface area contributed by atoms with Gasteiger partial charge in [-0.25, -0.2) is 0 Å². The van der Waals surface area contributed by atoms with Gasteiger partial charge >= 0.3 is 5.97 Å². The van der Waals surface area contributed by atoms with Crippen LogP contribution in [0.1, 0.15) is 21.1 Å². The van der Waals surface area contributed by atoms with Crippen LogP contribution in [0, 0.1) is 0 Å². The van der Waals surface area contributed by atoms with E-state index in [0.717, 1.165) is 0 Å². The molecule has 1 rings (SSSR count). The Morgan fingerprint density at radius 2 is 2.30 bits per heavy atom. The van der Waals surface area contributed by atoms with Crippen LogP contribution in [-0.2, 0) is 0 Å². The number of hydrogen-bond donors (Lipinski definition) is 0. The number of rotatable bonds is 2. The van der Waals surface area contributed by atoms with Gasteiger partial charge in [0.2, 0.25) is 0 Å². The van der Waals surface area contributed by atoms with Crippen molar-refractivity contribution in [3.63, 3.8) is 0 Å². The Kier molecular flexibility index (Phi) is 1.53. The molecule has 0 spiro atoms. The van der Waals surface area contributed by atoms with E-state index in [1.807, 2.05) is 0 Å². The fourth-order valence-corrected chi connectivity index (χ4v) is 0.538. The number of hydrogen-bond acceptors (Lipinski definition) is 3. The number of carbonyl (C=O) groups excluding carboxylic acids is 2. The lowest BCUT2D eigenvalue weighted by Gasteiger charge is -1.76. The minimum absolute atomic E-state index is 0.0654. The minimum Gasteiger partial charge on any atom is -0.559 e. The zero-order chi connectivity index (χ0) is 7.56. The summed E-state index contributed by atoms with van der Waals surface area (Å²) in [5.74, 6) is -0.967. The van der Waals surface area contributed by atoms with Gasteiger partial charge in [0.05, 0.1) is 4.79 Å². The third-order valence-corrected chi connectivity index (χ3v) is 0.967. The van der Waals surface area contributed by atoms with E-state index in [9.17, 15) is 9.59 Å². The first-order chi connectivity index (χ1) is 4.74. The molecule has 0 saturated heterocycles. The molecule has 1 aromatic rings. The van der Waals surface area contributed by atoms with Gasteiger partial charge in [-0.15, -0.1) is 0 Å². The predicted octanol–water partition coefficient (Wildman–Crippen LogP) is -0.0431. The SMILES string of the molecule is O=Cc1ccc(C(=O)[OH2+])o1. The highest BCUT2D eigenvalue weighted by molar-refractivity contribution is 5.85. The monoisotopic (exact) mass is 141 g/mol. The molecule has 1 aromatic heterocycles. The summed E-state index contributed by atoms with van der Waals surface area (Å²) in [6.45, 7) is 0. The van der Waals surface area contributed by atoms with E-state index < -0.39 is 5.97 Å². The van der Waals surface area contributed by atoms with Crippen LogP contribution in [0.4, 0.5) is 0 Å². The first-order valence-corrected chi connectivity index (χ1v) is 2.55. The van der Waals surface area contributed by atoms with Crippen molar-refractivity contribution in [1.29, 1.82) is 0 Å². The van der Waals surface area contributed by atoms with Gasteiger partial charge in [0.25, 0.3) is 5.76 Å². The average molecular weight is 141 g/mol. The quantitative estimate of drug-likeness (QED) is 0.428. The maximum atomic E-state index is 10.2. The molecule has 1 heterocycles. The Balaban J connectivity index is 2.98. The van der Waals surface area contributed by atoms with Gasteiger partial charge in [0, 0.05) is 0 Å². The topological polar surface area (TPSA) is 70.2 Å². The van der Waals surface area contributed by atoms with E-state index >= 15 is 0 Å². The Hall–Kier alpha value is -1.58. The molecule has 0 fully saturated rings. The van der Waals surface area contributed by atoms with Crippen molar-refractivity contribution in [1.82, 2.24) is 0 Å². The summed E-state index contributed by atoms with van der Waals surface area (Å²) in [5.41, 5.74) is 0. The molecule has 0 saturated carbocycles. The van der Waals surface area contributed by atoms with Crippen molar-refractivity contribution in [2.45, 2.75) is 0 Å². The molecule has 4 nitrogen and oxygen atoms in total. The van der Waals surface area contributed by atoms with E-state index in [2.05, 4.69) is 4.42 Å². The highest BCUT2D eigenvalue weighted by Crippen LogP contribution is 2.04. The summed E-state index contributed by atoms with van der Waals surface area (Å²) in [5, 5.41) is 6.56. The lowest BCUT2D eigenvalue weighted by atomic mass is 10.4. The van der Waals surface area contributed by atoms with E-state index in [4.69, 9.17) is 5.11 Å². The van der Waals surface area contributed by atoms with Crippen LogP contribution in [0.15, 0.2) is 16.5 Å². The van der Waals surface area contributed by atoms with Gasteiger partial charge < -0.3 is 9.52 Å². The Morgan fingerprint density at radius 1 is 1.60 bits per heavy atom. The van der Waals surface area contributed by atoms with Crippen LogP contribution >= 0.6 is 0 Å². The van der Waals surface area contributed by atoms with E-state index in [1.165, 1.54) is 12.1 Å². The molecule has 0 radical (unpaired) electrons. The molecule has 52 valence electrons. The van der Waals surface area contributed by atoms with Crippen LogP contribution < -0.4 is 0 Å². The molecule has 0 aromatic carbocycles. The fourth-order valence-electron chi connectivity index (χ4n) is 0.538. The Morgan fingerprint density at radius 3 is 2.60 bits per heavy atom. The van der Waals surface area contributed by atoms with Crippen LogP contribution in [0.5, 0.6) is 0 Å². The van der Waals surface area contributed by atoms with Crippen molar-refractivity contribution in [2.75, 3.05) is 0 Å². The van der Waals surface area contributed by atoms with Gasteiger partial charge in [-0.1, -0.05) is 0 Å². The number of carbonyl (C=O) groups is 2. The van der Waals surface area contributed by atoms with Crippen LogP contribution in [0.2, 0.25) is 0 Å². The normalized spacial score (nSPS) is 9.20. The van der Waals surface area contributed by atoms with Crippen molar-refractivity contribution >= 4 is 12.3 Å². The summed E-state index contributed by atoms with van der Waals surface area (Å²) >= 11 is 0. The summed E-state index contributed by atoms with van der Waals surface area (Å²) in [6.07, 6.45) is 0.479. The lowest BCUT2D eigenvalue weighted by molar-refractivity contribution is 0.0661. The highest BCUT2D eigenvalue weighted by Gasteiger charge is 2.15. The van der Waals surface area contributed by atoms with Crippen molar-refractivity contribution in [3.05, 3.63) is 23.7 Å². The van der Waals surface area contributed by atoms with Gasteiger partial charge in [-0.05, 0) is 12.1 Å². The third kappa shape index (κ3) is 1.05. The predicted molar refractivity (Wildman–Crippen MR) is 32.0 cm³/mol. The summed E-state index contributed by atoms with van der Waals surface area (Å²) in [7, 11) is 0. The Labute approximate surface area is 56.1 Å². The van der Waals surface area contributed by atoms with Crippen molar-refractivity contribution in [2.24, 2.45) is 0 Å². The van der Waals surface area contributed by atoms with Crippen LogP contribution in [0.25, 0.3) is 0 Å². The van der Waals surface area contributed by atoms with Gasteiger partial charge in [-0.3, -0.25) is 4.79 Å². The second kappa shape index (κ2) is 2.34. The second-order valence-electron chi connectivity index (χ2n) is 1.65. The fraction of sp³-hybridized carbons (Fsp3) is 0. The molecule has 0 aliphatic carbocycles. The summed E-state index contributed by atoms with van der Waals surface area (Å²) in [6, 6.07) is 2.63. The van der Waals surface area contributed by atoms with Crippen molar-refractivity contribution in [3.8, 4) is 0 Å². The lowest BCUT2D eigenvalue weighted by Crippen LogP contribution is -1.91.